The second-order valence-corrected chi connectivity index (χ2v) is 5.54. The fourth-order valence-electron chi connectivity index (χ4n) is 1.63. The molecule has 2 heterocycles. The van der Waals surface area contributed by atoms with E-state index in [9.17, 15) is 0 Å². The standard InChI is InChI=1S/C11H15N3S/c1-11(2,3)10-5-8(13-14(10)4)9-6-12-7-15-9/h5-7H,1-4H3. The van der Waals surface area contributed by atoms with E-state index in [-0.39, 0.29) is 5.41 Å². The molecule has 2 aromatic rings. The summed E-state index contributed by atoms with van der Waals surface area (Å²) in [6.45, 7) is 6.58. The van der Waals surface area contributed by atoms with Crippen LogP contribution < -0.4 is 0 Å². The van der Waals surface area contributed by atoms with Gasteiger partial charge in [-0.15, -0.1) is 11.3 Å². The van der Waals surface area contributed by atoms with Gasteiger partial charge in [0.25, 0.3) is 0 Å². The predicted octanol–water partition coefficient (Wildman–Crippen LogP) is 2.84. The molecule has 2 rings (SSSR count). The molecule has 0 atom stereocenters. The van der Waals surface area contributed by atoms with Gasteiger partial charge < -0.3 is 0 Å². The summed E-state index contributed by atoms with van der Waals surface area (Å²) in [6, 6.07) is 2.15. The quantitative estimate of drug-likeness (QED) is 0.741. The lowest BCUT2D eigenvalue weighted by Gasteiger charge is -2.17. The van der Waals surface area contributed by atoms with Crippen molar-refractivity contribution in [3.05, 3.63) is 23.5 Å². The minimum atomic E-state index is 0.130. The SMILES string of the molecule is Cn1nc(-c2cncs2)cc1C(C)(C)C. The fraction of sp³-hybridized carbons (Fsp3) is 0.455. The van der Waals surface area contributed by atoms with Crippen LogP contribution in [0, 0.1) is 0 Å². The maximum Gasteiger partial charge on any atom is 0.104 e. The monoisotopic (exact) mass is 221 g/mol. The molecule has 0 unspecified atom stereocenters. The van der Waals surface area contributed by atoms with Gasteiger partial charge >= 0.3 is 0 Å². The van der Waals surface area contributed by atoms with Gasteiger partial charge in [-0.2, -0.15) is 5.10 Å². The van der Waals surface area contributed by atoms with Crippen molar-refractivity contribution in [2.75, 3.05) is 0 Å². The molecule has 0 aliphatic heterocycles. The molecule has 0 spiro atoms. The van der Waals surface area contributed by atoms with Crippen LogP contribution in [-0.4, -0.2) is 14.8 Å². The second kappa shape index (κ2) is 3.45. The van der Waals surface area contributed by atoms with E-state index >= 15 is 0 Å². The lowest BCUT2D eigenvalue weighted by molar-refractivity contribution is 0.523. The Morgan fingerprint density at radius 3 is 2.53 bits per heavy atom. The lowest BCUT2D eigenvalue weighted by Crippen LogP contribution is -2.16. The summed E-state index contributed by atoms with van der Waals surface area (Å²) in [5, 5.41) is 4.51. The van der Waals surface area contributed by atoms with Crippen molar-refractivity contribution in [2.24, 2.45) is 7.05 Å². The highest BCUT2D eigenvalue weighted by Crippen LogP contribution is 2.28. The normalized spacial score (nSPS) is 12.0. The van der Waals surface area contributed by atoms with Crippen molar-refractivity contribution in [2.45, 2.75) is 26.2 Å². The maximum atomic E-state index is 4.51. The van der Waals surface area contributed by atoms with E-state index in [1.54, 1.807) is 11.3 Å². The molecule has 0 aliphatic rings. The zero-order chi connectivity index (χ0) is 11.1. The number of nitrogens with zero attached hydrogens (tertiary/aromatic N) is 3. The Balaban J connectivity index is 2.47. The van der Waals surface area contributed by atoms with Crippen molar-refractivity contribution >= 4 is 11.3 Å². The van der Waals surface area contributed by atoms with Gasteiger partial charge in [-0.25, -0.2) is 0 Å². The van der Waals surface area contributed by atoms with Crippen LogP contribution in [0.1, 0.15) is 26.5 Å². The van der Waals surface area contributed by atoms with Crippen LogP contribution in [0.25, 0.3) is 10.6 Å². The van der Waals surface area contributed by atoms with Crippen LogP contribution in [0.2, 0.25) is 0 Å². The summed E-state index contributed by atoms with van der Waals surface area (Å²) in [6.07, 6.45) is 1.86. The van der Waals surface area contributed by atoms with Crippen LogP contribution in [0.5, 0.6) is 0 Å². The van der Waals surface area contributed by atoms with Crippen molar-refractivity contribution in [1.29, 1.82) is 0 Å². The smallest absolute Gasteiger partial charge is 0.104 e. The molecule has 0 N–H and O–H groups in total. The van der Waals surface area contributed by atoms with Gasteiger partial charge in [0.2, 0.25) is 0 Å². The topological polar surface area (TPSA) is 30.7 Å². The number of rotatable bonds is 1. The molecule has 0 radical (unpaired) electrons. The van der Waals surface area contributed by atoms with Crippen LogP contribution in [0.15, 0.2) is 17.8 Å². The Kier molecular flexibility index (Phi) is 2.38. The molecular weight excluding hydrogens is 206 g/mol. The van der Waals surface area contributed by atoms with Gasteiger partial charge in [0.15, 0.2) is 0 Å². The molecule has 3 nitrogen and oxygen atoms in total. The summed E-state index contributed by atoms with van der Waals surface area (Å²) >= 11 is 1.62. The summed E-state index contributed by atoms with van der Waals surface area (Å²) in [4.78, 5) is 5.19. The number of aryl methyl sites for hydroxylation is 1. The second-order valence-electron chi connectivity index (χ2n) is 4.65. The Bertz CT molecular complexity index is 449. The van der Waals surface area contributed by atoms with Gasteiger partial charge in [0.1, 0.15) is 5.69 Å². The molecule has 0 aromatic carbocycles. The number of hydrogen-bond donors (Lipinski definition) is 0. The third-order valence-electron chi connectivity index (χ3n) is 2.33. The summed E-state index contributed by atoms with van der Waals surface area (Å²) in [5.41, 5.74) is 4.22. The van der Waals surface area contributed by atoms with E-state index < -0.39 is 0 Å². The van der Waals surface area contributed by atoms with E-state index in [0.717, 1.165) is 10.6 Å². The summed E-state index contributed by atoms with van der Waals surface area (Å²) < 4.78 is 1.95. The zero-order valence-corrected chi connectivity index (χ0v) is 10.3. The Morgan fingerprint density at radius 2 is 2.07 bits per heavy atom. The molecule has 0 fully saturated rings. The first-order valence-corrected chi connectivity index (χ1v) is 5.80. The van der Waals surface area contributed by atoms with Crippen molar-refractivity contribution in [1.82, 2.24) is 14.8 Å². The van der Waals surface area contributed by atoms with Gasteiger partial charge in [-0.3, -0.25) is 9.67 Å². The minimum Gasteiger partial charge on any atom is -0.271 e. The first kappa shape index (κ1) is 10.4. The van der Waals surface area contributed by atoms with Gasteiger partial charge in [0, 0.05) is 24.4 Å². The molecule has 4 heteroatoms. The van der Waals surface area contributed by atoms with E-state index in [4.69, 9.17) is 0 Å². The number of aromatic nitrogens is 3. The first-order valence-electron chi connectivity index (χ1n) is 4.92. The van der Waals surface area contributed by atoms with E-state index in [1.807, 2.05) is 23.4 Å². The lowest BCUT2D eigenvalue weighted by atomic mass is 9.92. The average Bonchev–Trinajstić information content (AvgIpc) is 2.68. The Hall–Kier alpha value is -1.16. The largest absolute Gasteiger partial charge is 0.271 e. The van der Waals surface area contributed by atoms with Gasteiger partial charge in [-0.1, -0.05) is 20.8 Å². The number of thiazole rings is 1. The van der Waals surface area contributed by atoms with Gasteiger partial charge in [0.05, 0.1) is 10.4 Å². The van der Waals surface area contributed by atoms with E-state index in [0.29, 0.717) is 0 Å². The summed E-state index contributed by atoms with van der Waals surface area (Å²) in [7, 11) is 1.99. The zero-order valence-electron chi connectivity index (χ0n) is 9.48. The molecule has 0 aliphatic carbocycles. The van der Waals surface area contributed by atoms with Crippen molar-refractivity contribution < 1.29 is 0 Å². The molecule has 0 saturated carbocycles. The van der Waals surface area contributed by atoms with Crippen LogP contribution in [0.4, 0.5) is 0 Å². The molecule has 0 amide bonds. The molecule has 15 heavy (non-hydrogen) atoms. The number of hydrogen-bond acceptors (Lipinski definition) is 3. The highest BCUT2D eigenvalue weighted by atomic mass is 32.1. The molecular formula is C11H15N3S. The van der Waals surface area contributed by atoms with Crippen LogP contribution in [0.3, 0.4) is 0 Å². The highest BCUT2D eigenvalue weighted by Gasteiger charge is 2.20. The van der Waals surface area contributed by atoms with Crippen LogP contribution in [-0.2, 0) is 12.5 Å². The first-order chi connectivity index (χ1) is 6.98. The Morgan fingerprint density at radius 1 is 1.33 bits per heavy atom. The summed E-state index contributed by atoms with van der Waals surface area (Å²) in [5.74, 6) is 0. The average molecular weight is 221 g/mol. The molecule has 80 valence electrons. The Labute approximate surface area is 93.8 Å². The third-order valence-corrected chi connectivity index (χ3v) is 3.13. The van der Waals surface area contributed by atoms with Crippen molar-refractivity contribution in [3.63, 3.8) is 0 Å². The molecule has 2 aromatic heterocycles. The highest BCUT2D eigenvalue weighted by molar-refractivity contribution is 7.13. The van der Waals surface area contributed by atoms with E-state index in [2.05, 4.69) is 36.9 Å². The van der Waals surface area contributed by atoms with Gasteiger partial charge in [-0.05, 0) is 6.07 Å². The van der Waals surface area contributed by atoms with E-state index in [1.165, 1.54) is 5.69 Å². The van der Waals surface area contributed by atoms with Crippen molar-refractivity contribution in [3.8, 4) is 10.6 Å². The fourth-order valence-corrected chi connectivity index (χ4v) is 2.21. The molecule has 0 bridgehead atoms. The maximum absolute atomic E-state index is 4.51. The third kappa shape index (κ3) is 1.95. The molecule has 0 saturated heterocycles. The minimum absolute atomic E-state index is 0.130. The van der Waals surface area contributed by atoms with Crippen LogP contribution >= 0.6 is 11.3 Å². The predicted molar refractivity (Wildman–Crippen MR) is 63.0 cm³/mol.